The Bertz CT molecular complexity index is 501. The van der Waals surface area contributed by atoms with E-state index in [0.717, 1.165) is 0 Å². The van der Waals surface area contributed by atoms with Crippen molar-refractivity contribution < 1.29 is 8.81 Å². The molecule has 0 amide bonds. The summed E-state index contributed by atoms with van der Waals surface area (Å²) in [5.74, 6) is 1.20. The van der Waals surface area contributed by atoms with Gasteiger partial charge in [-0.3, -0.25) is 0 Å². The van der Waals surface area contributed by atoms with Gasteiger partial charge in [0.25, 0.3) is 0 Å². The van der Waals surface area contributed by atoms with Crippen molar-refractivity contribution in [3.8, 4) is 0 Å². The van der Waals surface area contributed by atoms with Gasteiger partial charge >= 0.3 is 0 Å². The van der Waals surface area contributed by atoms with Crippen molar-refractivity contribution in [3.63, 3.8) is 0 Å². The normalized spacial score (nSPS) is 10.6. The molecule has 0 fully saturated rings. The molecule has 1 aromatic carbocycles. The van der Waals surface area contributed by atoms with Gasteiger partial charge in [-0.15, -0.1) is 22.0 Å². The first kappa shape index (κ1) is 10.9. The summed E-state index contributed by atoms with van der Waals surface area (Å²) in [5, 5.41) is 7.54. The molecule has 0 saturated heterocycles. The Labute approximate surface area is 96.0 Å². The topological polar surface area (TPSA) is 64.9 Å². The van der Waals surface area contributed by atoms with Gasteiger partial charge in [0.2, 0.25) is 11.8 Å². The van der Waals surface area contributed by atoms with Crippen LogP contribution in [0.5, 0.6) is 0 Å². The molecule has 2 rings (SSSR count). The second-order valence-electron chi connectivity index (χ2n) is 3.19. The maximum absolute atomic E-state index is 13.0. The maximum Gasteiger partial charge on any atom is 0.226 e. The molecule has 0 aliphatic heterocycles. The zero-order valence-electron chi connectivity index (χ0n) is 8.61. The van der Waals surface area contributed by atoms with Gasteiger partial charge in [-0.1, -0.05) is 0 Å². The number of nitrogens with zero attached hydrogens (tertiary/aromatic N) is 2. The van der Waals surface area contributed by atoms with Crippen LogP contribution < -0.4 is 5.73 Å². The van der Waals surface area contributed by atoms with Gasteiger partial charge in [0.15, 0.2) is 0 Å². The molecule has 0 unspecified atom stereocenters. The second-order valence-corrected chi connectivity index (χ2v) is 4.20. The number of nitrogens with two attached hydrogens (primary N) is 1. The third-order valence-electron chi connectivity index (χ3n) is 1.89. The van der Waals surface area contributed by atoms with Crippen LogP contribution in [-0.4, -0.2) is 10.2 Å². The number of anilines is 1. The predicted octanol–water partition coefficient (Wildman–Crippen LogP) is 2.39. The van der Waals surface area contributed by atoms with E-state index in [1.807, 2.05) is 0 Å². The number of hydrogen-bond acceptors (Lipinski definition) is 5. The minimum absolute atomic E-state index is 0.307. The highest BCUT2D eigenvalue weighted by Gasteiger charge is 2.06. The minimum atomic E-state index is -0.307. The first-order valence-corrected chi connectivity index (χ1v) is 5.60. The summed E-state index contributed by atoms with van der Waals surface area (Å²) in [5.41, 5.74) is 6.25. The molecule has 0 bridgehead atoms. The molecule has 1 heterocycles. The van der Waals surface area contributed by atoms with Crippen LogP contribution >= 0.6 is 11.8 Å². The summed E-state index contributed by atoms with van der Waals surface area (Å²) in [6.45, 7) is 1.72. The predicted molar refractivity (Wildman–Crippen MR) is 59.4 cm³/mol. The van der Waals surface area contributed by atoms with Gasteiger partial charge in [-0.2, -0.15) is 0 Å². The Kier molecular flexibility index (Phi) is 3.09. The largest absolute Gasteiger partial charge is 0.425 e. The van der Waals surface area contributed by atoms with Crippen LogP contribution in [0, 0.1) is 12.7 Å². The van der Waals surface area contributed by atoms with Crippen molar-refractivity contribution in [1.82, 2.24) is 10.2 Å². The number of nitrogen functional groups attached to an aromatic ring is 1. The lowest BCUT2D eigenvalue weighted by Crippen LogP contribution is -1.90. The standard InChI is InChI=1S/C10H10FN3OS/c1-6-13-14-10(15-6)5-16-9-4-7(11)2-3-8(9)12/h2-4H,5,12H2,1H3. The number of halogens is 1. The van der Waals surface area contributed by atoms with E-state index in [-0.39, 0.29) is 5.82 Å². The number of hydrogen-bond donors (Lipinski definition) is 1. The summed E-state index contributed by atoms with van der Waals surface area (Å²) in [4.78, 5) is 0.677. The van der Waals surface area contributed by atoms with Crippen LogP contribution in [0.15, 0.2) is 27.5 Å². The van der Waals surface area contributed by atoms with E-state index in [0.29, 0.717) is 28.1 Å². The highest BCUT2D eigenvalue weighted by Crippen LogP contribution is 2.28. The fourth-order valence-electron chi connectivity index (χ4n) is 1.17. The van der Waals surface area contributed by atoms with Crippen LogP contribution in [0.25, 0.3) is 0 Å². The van der Waals surface area contributed by atoms with Crippen molar-refractivity contribution in [3.05, 3.63) is 35.8 Å². The number of thioether (sulfide) groups is 1. The van der Waals surface area contributed by atoms with Gasteiger partial charge in [-0.25, -0.2) is 4.39 Å². The molecule has 0 aliphatic carbocycles. The van der Waals surface area contributed by atoms with E-state index in [2.05, 4.69) is 10.2 Å². The van der Waals surface area contributed by atoms with Crippen molar-refractivity contribution in [2.24, 2.45) is 0 Å². The molecule has 0 atom stereocenters. The molecule has 0 radical (unpaired) electrons. The Balaban J connectivity index is 2.07. The second kappa shape index (κ2) is 4.52. The number of rotatable bonds is 3. The first-order chi connectivity index (χ1) is 7.65. The fourth-order valence-corrected chi connectivity index (χ4v) is 1.99. The molecule has 1 aromatic heterocycles. The van der Waals surface area contributed by atoms with Crippen molar-refractivity contribution in [1.29, 1.82) is 0 Å². The molecular formula is C10H10FN3OS. The number of aromatic nitrogens is 2. The van der Waals surface area contributed by atoms with Crippen LogP contribution in [0.4, 0.5) is 10.1 Å². The zero-order chi connectivity index (χ0) is 11.5. The zero-order valence-corrected chi connectivity index (χ0v) is 9.42. The summed E-state index contributed by atoms with van der Waals surface area (Å²) in [7, 11) is 0. The highest BCUT2D eigenvalue weighted by atomic mass is 32.2. The van der Waals surface area contributed by atoms with Crippen LogP contribution in [0.3, 0.4) is 0 Å². The minimum Gasteiger partial charge on any atom is -0.425 e. The summed E-state index contributed by atoms with van der Waals surface area (Å²) >= 11 is 1.37. The van der Waals surface area contributed by atoms with E-state index in [4.69, 9.17) is 10.2 Å². The van der Waals surface area contributed by atoms with Crippen LogP contribution in [-0.2, 0) is 5.75 Å². The summed E-state index contributed by atoms with van der Waals surface area (Å²) in [6, 6.07) is 4.26. The lowest BCUT2D eigenvalue weighted by molar-refractivity contribution is 0.485. The molecule has 84 valence electrons. The molecular weight excluding hydrogens is 229 g/mol. The molecule has 0 aliphatic rings. The lowest BCUT2D eigenvalue weighted by atomic mass is 10.3. The van der Waals surface area contributed by atoms with Crippen molar-refractivity contribution in [2.75, 3.05) is 5.73 Å². The average molecular weight is 239 g/mol. The van der Waals surface area contributed by atoms with Crippen molar-refractivity contribution in [2.45, 2.75) is 17.6 Å². The number of benzene rings is 1. The Morgan fingerprint density at radius 1 is 1.44 bits per heavy atom. The molecule has 2 N–H and O–H groups in total. The van der Waals surface area contributed by atoms with E-state index in [1.165, 1.54) is 30.0 Å². The van der Waals surface area contributed by atoms with E-state index in [9.17, 15) is 4.39 Å². The van der Waals surface area contributed by atoms with Crippen LogP contribution in [0.1, 0.15) is 11.8 Å². The SMILES string of the molecule is Cc1nnc(CSc2cc(F)ccc2N)o1. The monoisotopic (exact) mass is 239 g/mol. The first-order valence-electron chi connectivity index (χ1n) is 4.62. The maximum atomic E-state index is 13.0. The third kappa shape index (κ3) is 2.52. The quantitative estimate of drug-likeness (QED) is 0.658. The van der Waals surface area contributed by atoms with E-state index < -0.39 is 0 Å². The van der Waals surface area contributed by atoms with E-state index in [1.54, 1.807) is 6.92 Å². The Morgan fingerprint density at radius 2 is 2.25 bits per heavy atom. The van der Waals surface area contributed by atoms with Gasteiger partial charge in [0.05, 0.1) is 5.75 Å². The number of aryl methyl sites for hydroxylation is 1. The molecule has 4 nitrogen and oxygen atoms in total. The smallest absolute Gasteiger partial charge is 0.226 e. The van der Waals surface area contributed by atoms with Crippen molar-refractivity contribution >= 4 is 17.4 Å². The highest BCUT2D eigenvalue weighted by molar-refractivity contribution is 7.98. The molecule has 16 heavy (non-hydrogen) atoms. The lowest BCUT2D eigenvalue weighted by Gasteiger charge is -2.02. The van der Waals surface area contributed by atoms with E-state index >= 15 is 0 Å². The van der Waals surface area contributed by atoms with Crippen LogP contribution in [0.2, 0.25) is 0 Å². The molecule has 0 spiro atoms. The Hall–Kier alpha value is -1.56. The van der Waals surface area contributed by atoms with Gasteiger partial charge in [0, 0.05) is 17.5 Å². The Morgan fingerprint density at radius 3 is 2.94 bits per heavy atom. The fraction of sp³-hybridized carbons (Fsp3) is 0.200. The molecule has 0 saturated carbocycles. The van der Waals surface area contributed by atoms with Gasteiger partial charge in [-0.05, 0) is 18.2 Å². The summed E-state index contributed by atoms with van der Waals surface area (Å²) in [6.07, 6.45) is 0. The third-order valence-corrected chi connectivity index (χ3v) is 2.95. The average Bonchev–Trinajstić information content (AvgIpc) is 2.66. The van der Waals surface area contributed by atoms with Gasteiger partial charge in [0.1, 0.15) is 5.82 Å². The van der Waals surface area contributed by atoms with Gasteiger partial charge < -0.3 is 10.2 Å². The molecule has 6 heteroatoms. The molecule has 2 aromatic rings. The summed E-state index contributed by atoms with van der Waals surface area (Å²) < 4.78 is 18.2.